The van der Waals surface area contributed by atoms with Crippen LogP contribution in [-0.2, 0) is 6.54 Å². The Morgan fingerprint density at radius 1 is 1.00 bits per heavy atom. The number of para-hydroxylation sites is 1. The van der Waals surface area contributed by atoms with E-state index in [0.29, 0.717) is 11.7 Å². The molecule has 1 fully saturated rings. The third-order valence-corrected chi connectivity index (χ3v) is 6.91. The van der Waals surface area contributed by atoms with E-state index >= 15 is 0 Å². The van der Waals surface area contributed by atoms with Crippen LogP contribution in [0, 0.1) is 27.7 Å². The summed E-state index contributed by atoms with van der Waals surface area (Å²) in [7, 11) is 0. The highest BCUT2D eigenvalue weighted by molar-refractivity contribution is 7.80. The number of thiocarbonyl (C=S) groups is 1. The number of nitrogens with one attached hydrogen (secondary N) is 1. The van der Waals surface area contributed by atoms with Crippen molar-refractivity contribution in [3.05, 3.63) is 107 Å². The molecule has 4 heterocycles. The zero-order valence-electron chi connectivity index (χ0n) is 19.4. The van der Waals surface area contributed by atoms with E-state index in [1.165, 1.54) is 33.8 Å². The van der Waals surface area contributed by atoms with Crippen molar-refractivity contribution in [1.29, 1.82) is 0 Å². The molecule has 0 aliphatic carbocycles. The monoisotopic (exact) mass is 456 g/mol. The van der Waals surface area contributed by atoms with E-state index in [9.17, 15) is 0 Å². The average molecular weight is 457 g/mol. The van der Waals surface area contributed by atoms with Crippen LogP contribution in [0.15, 0.2) is 71.5 Å². The second kappa shape index (κ2) is 8.52. The number of furan rings is 1. The summed E-state index contributed by atoms with van der Waals surface area (Å²) in [5, 5.41) is 4.26. The molecule has 168 valence electrons. The highest BCUT2D eigenvalue weighted by Gasteiger charge is 2.41. The van der Waals surface area contributed by atoms with Crippen molar-refractivity contribution < 1.29 is 4.42 Å². The number of nitrogens with zero attached hydrogens (tertiary/aromatic N) is 3. The van der Waals surface area contributed by atoms with Crippen LogP contribution in [0.3, 0.4) is 0 Å². The molecule has 4 aromatic rings. The van der Waals surface area contributed by atoms with Gasteiger partial charge in [0.05, 0.1) is 36.3 Å². The van der Waals surface area contributed by atoms with E-state index in [-0.39, 0.29) is 12.1 Å². The van der Waals surface area contributed by atoms with Crippen molar-refractivity contribution in [3.63, 3.8) is 0 Å². The second-order valence-electron chi connectivity index (χ2n) is 8.74. The molecule has 33 heavy (non-hydrogen) atoms. The van der Waals surface area contributed by atoms with Gasteiger partial charge in [0.25, 0.3) is 0 Å². The van der Waals surface area contributed by atoms with Gasteiger partial charge in [-0.2, -0.15) is 0 Å². The third kappa shape index (κ3) is 3.74. The quantitative estimate of drug-likeness (QED) is 0.381. The number of aryl methyl sites for hydroxylation is 3. The Morgan fingerprint density at radius 2 is 1.79 bits per heavy atom. The third-order valence-electron chi connectivity index (χ3n) is 6.56. The van der Waals surface area contributed by atoms with Crippen LogP contribution in [0.2, 0.25) is 0 Å². The summed E-state index contributed by atoms with van der Waals surface area (Å²) >= 11 is 5.82. The summed E-state index contributed by atoms with van der Waals surface area (Å²) in [5.41, 5.74) is 8.41. The summed E-state index contributed by atoms with van der Waals surface area (Å²) in [4.78, 5) is 6.90. The van der Waals surface area contributed by atoms with Gasteiger partial charge in [0.1, 0.15) is 5.76 Å². The second-order valence-corrected chi connectivity index (χ2v) is 9.12. The highest BCUT2D eigenvalue weighted by atomic mass is 32.1. The molecular formula is C27H28N4OS. The zero-order chi connectivity index (χ0) is 23.1. The molecule has 3 aromatic heterocycles. The van der Waals surface area contributed by atoms with Gasteiger partial charge in [-0.25, -0.2) is 0 Å². The SMILES string of the molecule is Cc1cccc(C)c1-n1c(C)cc(C2C(c3ccccn3)NC(=S)N2Cc2ccco2)c1C. The first-order chi connectivity index (χ1) is 16.0. The van der Waals surface area contributed by atoms with E-state index in [2.05, 4.69) is 77.8 Å². The number of benzene rings is 1. The van der Waals surface area contributed by atoms with Gasteiger partial charge in [0.2, 0.25) is 0 Å². The molecule has 6 heteroatoms. The predicted octanol–water partition coefficient (Wildman–Crippen LogP) is 5.87. The number of hydrogen-bond donors (Lipinski definition) is 1. The molecule has 1 aromatic carbocycles. The van der Waals surface area contributed by atoms with Crippen molar-refractivity contribution in [2.45, 2.75) is 46.3 Å². The molecule has 0 saturated carbocycles. The van der Waals surface area contributed by atoms with Crippen LogP contribution in [0.1, 0.15) is 51.6 Å². The van der Waals surface area contributed by atoms with Gasteiger partial charge < -0.3 is 19.2 Å². The van der Waals surface area contributed by atoms with Crippen LogP contribution < -0.4 is 5.32 Å². The van der Waals surface area contributed by atoms with Crippen molar-refractivity contribution in [2.24, 2.45) is 0 Å². The van der Waals surface area contributed by atoms with E-state index in [1.54, 1.807) is 6.26 Å². The molecule has 1 aliphatic heterocycles. The average Bonchev–Trinajstić information content (AvgIpc) is 3.50. The molecule has 2 unspecified atom stereocenters. The molecule has 0 spiro atoms. The van der Waals surface area contributed by atoms with Crippen LogP contribution in [0.5, 0.6) is 0 Å². The predicted molar refractivity (Wildman–Crippen MR) is 134 cm³/mol. The molecule has 2 atom stereocenters. The zero-order valence-corrected chi connectivity index (χ0v) is 20.2. The van der Waals surface area contributed by atoms with Gasteiger partial charge in [0, 0.05) is 17.6 Å². The maximum absolute atomic E-state index is 5.82. The Morgan fingerprint density at radius 3 is 2.45 bits per heavy atom. The molecule has 5 nitrogen and oxygen atoms in total. The van der Waals surface area contributed by atoms with Crippen molar-refractivity contribution in [3.8, 4) is 5.69 Å². The Labute approximate surface area is 200 Å². The summed E-state index contributed by atoms with van der Waals surface area (Å²) in [6.07, 6.45) is 3.55. The maximum Gasteiger partial charge on any atom is 0.170 e. The van der Waals surface area contributed by atoms with Crippen molar-refractivity contribution in [1.82, 2.24) is 19.8 Å². The fourth-order valence-corrected chi connectivity index (χ4v) is 5.38. The first-order valence-electron chi connectivity index (χ1n) is 11.2. The highest BCUT2D eigenvalue weighted by Crippen LogP contribution is 2.42. The van der Waals surface area contributed by atoms with Crippen LogP contribution >= 0.6 is 12.2 Å². The lowest BCUT2D eigenvalue weighted by atomic mass is 9.96. The van der Waals surface area contributed by atoms with Gasteiger partial charge >= 0.3 is 0 Å². The summed E-state index contributed by atoms with van der Waals surface area (Å²) in [5.74, 6) is 0.884. The van der Waals surface area contributed by atoms with E-state index < -0.39 is 0 Å². The van der Waals surface area contributed by atoms with Gasteiger partial charge in [-0.1, -0.05) is 24.3 Å². The number of aromatic nitrogens is 2. The Hall–Kier alpha value is -3.38. The number of hydrogen-bond acceptors (Lipinski definition) is 3. The minimum atomic E-state index is -0.0550. The Bertz CT molecular complexity index is 1270. The Balaban J connectivity index is 1.66. The van der Waals surface area contributed by atoms with Crippen LogP contribution in [-0.4, -0.2) is 19.6 Å². The smallest absolute Gasteiger partial charge is 0.170 e. The van der Waals surface area contributed by atoms with Crippen LogP contribution in [0.25, 0.3) is 5.69 Å². The summed E-state index contributed by atoms with van der Waals surface area (Å²) < 4.78 is 8.06. The summed E-state index contributed by atoms with van der Waals surface area (Å²) in [6.45, 7) is 9.33. The largest absolute Gasteiger partial charge is 0.467 e. The molecular weight excluding hydrogens is 428 g/mol. The first-order valence-corrected chi connectivity index (χ1v) is 11.6. The minimum Gasteiger partial charge on any atom is -0.467 e. The Kier molecular flexibility index (Phi) is 5.54. The minimum absolute atomic E-state index is 0.0122. The lowest BCUT2D eigenvalue weighted by molar-refractivity contribution is 0.286. The topological polar surface area (TPSA) is 46.2 Å². The number of pyridine rings is 1. The lowest BCUT2D eigenvalue weighted by Gasteiger charge is -2.27. The molecule has 0 amide bonds. The summed E-state index contributed by atoms with van der Waals surface area (Å²) in [6, 6.07) is 18.6. The fourth-order valence-electron chi connectivity index (χ4n) is 5.07. The van der Waals surface area contributed by atoms with E-state index in [1.807, 2.05) is 30.5 Å². The van der Waals surface area contributed by atoms with Crippen LogP contribution in [0.4, 0.5) is 0 Å². The molecule has 1 saturated heterocycles. The van der Waals surface area contributed by atoms with Gasteiger partial charge in [0.15, 0.2) is 5.11 Å². The lowest BCUT2D eigenvalue weighted by Crippen LogP contribution is -2.29. The maximum atomic E-state index is 5.82. The normalized spacial score (nSPS) is 18.1. The molecule has 0 radical (unpaired) electrons. The van der Waals surface area contributed by atoms with Crippen molar-refractivity contribution >= 4 is 17.3 Å². The molecule has 0 bridgehead atoms. The van der Waals surface area contributed by atoms with E-state index in [0.717, 1.165) is 11.5 Å². The molecule has 1 N–H and O–H groups in total. The molecule has 5 rings (SSSR count). The van der Waals surface area contributed by atoms with Gasteiger partial charge in [-0.3, -0.25) is 4.98 Å². The van der Waals surface area contributed by atoms with E-state index in [4.69, 9.17) is 16.6 Å². The fraction of sp³-hybridized carbons (Fsp3) is 0.259. The standard InChI is InChI=1S/C27H28N4OS/c1-17-9-7-10-18(2)25(17)31-19(3)15-22(20(31)4)26-24(23-12-5-6-13-28-23)29-27(33)30(26)16-21-11-8-14-32-21/h5-15,24,26H,16H2,1-4H3,(H,29,33). The van der Waals surface area contributed by atoms with Gasteiger partial charge in [-0.05, 0) is 86.9 Å². The first kappa shape index (κ1) is 21.5. The molecule has 1 aliphatic rings. The van der Waals surface area contributed by atoms with Gasteiger partial charge in [-0.15, -0.1) is 0 Å². The van der Waals surface area contributed by atoms with Crippen molar-refractivity contribution in [2.75, 3.05) is 0 Å². The number of rotatable bonds is 5.